The van der Waals surface area contributed by atoms with Crippen LogP contribution in [0.15, 0.2) is 45.2 Å². The van der Waals surface area contributed by atoms with Crippen LogP contribution in [0.2, 0.25) is 0 Å². The lowest BCUT2D eigenvalue weighted by atomic mass is 10.3. The van der Waals surface area contributed by atoms with Gasteiger partial charge in [0.15, 0.2) is 5.52 Å². The van der Waals surface area contributed by atoms with E-state index in [9.17, 15) is 8.42 Å². The van der Waals surface area contributed by atoms with Crippen molar-refractivity contribution in [3.63, 3.8) is 0 Å². The Balaban J connectivity index is 1.98. The van der Waals surface area contributed by atoms with Crippen molar-refractivity contribution in [2.75, 3.05) is 0 Å². The van der Waals surface area contributed by atoms with E-state index < -0.39 is 10.0 Å². The van der Waals surface area contributed by atoms with Crippen LogP contribution in [0.5, 0.6) is 0 Å². The summed E-state index contributed by atoms with van der Waals surface area (Å²) >= 11 is 1.50. The molecule has 2 aromatic heterocycles. The van der Waals surface area contributed by atoms with Gasteiger partial charge in [0.25, 0.3) is 0 Å². The molecule has 0 bridgehead atoms. The third-order valence-electron chi connectivity index (χ3n) is 2.84. The zero-order valence-electron chi connectivity index (χ0n) is 10.5. The average molecular weight is 309 g/mol. The van der Waals surface area contributed by atoms with Crippen LogP contribution < -0.4 is 4.72 Å². The van der Waals surface area contributed by atoms with E-state index in [0.29, 0.717) is 5.52 Å². The first-order valence-electron chi connectivity index (χ1n) is 5.85. The zero-order chi connectivity index (χ0) is 14.2. The summed E-state index contributed by atoms with van der Waals surface area (Å²) in [5, 5.41) is 9.20. The molecule has 0 aliphatic heterocycles. The van der Waals surface area contributed by atoms with Gasteiger partial charge in [0.1, 0.15) is 10.4 Å². The molecule has 20 heavy (non-hydrogen) atoms. The standard InChI is InChI=1S/C12H11N3O3S2/c1-8(10-5-3-7-19-10)15-20(16,17)11-6-2-4-9-12(11)14-18-13-9/h2-8,15H,1H3. The van der Waals surface area contributed by atoms with Crippen molar-refractivity contribution in [1.82, 2.24) is 15.0 Å². The summed E-state index contributed by atoms with van der Waals surface area (Å²) in [5.41, 5.74) is 0.648. The third kappa shape index (κ3) is 2.33. The normalized spacial score (nSPS) is 13.7. The van der Waals surface area contributed by atoms with E-state index in [0.717, 1.165) is 4.88 Å². The first-order chi connectivity index (χ1) is 9.58. The van der Waals surface area contributed by atoms with Crippen molar-refractivity contribution in [3.05, 3.63) is 40.6 Å². The molecule has 0 fully saturated rings. The van der Waals surface area contributed by atoms with Crippen LogP contribution in [0.3, 0.4) is 0 Å². The smallest absolute Gasteiger partial charge is 0.243 e. The molecule has 3 aromatic rings. The molecule has 0 saturated carbocycles. The van der Waals surface area contributed by atoms with Gasteiger partial charge < -0.3 is 0 Å². The van der Waals surface area contributed by atoms with Gasteiger partial charge in [-0.2, -0.15) is 0 Å². The monoisotopic (exact) mass is 309 g/mol. The maximum absolute atomic E-state index is 12.4. The third-order valence-corrected chi connectivity index (χ3v) is 5.47. The first-order valence-corrected chi connectivity index (χ1v) is 8.21. The molecule has 1 aromatic carbocycles. The Kier molecular flexibility index (Phi) is 3.28. The Bertz CT molecular complexity index is 825. The Hall–Kier alpha value is -1.77. The maximum atomic E-state index is 12.4. The molecule has 6 nitrogen and oxygen atoms in total. The molecular formula is C12H11N3O3S2. The summed E-state index contributed by atoms with van der Waals surface area (Å²) in [5.74, 6) is 0. The Morgan fingerprint density at radius 3 is 2.85 bits per heavy atom. The zero-order valence-corrected chi connectivity index (χ0v) is 12.1. The van der Waals surface area contributed by atoms with Crippen molar-refractivity contribution < 1.29 is 13.0 Å². The van der Waals surface area contributed by atoms with E-state index in [1.807, 2.05) is 17.5 Å². The molecule has 0 amide bonds. The number of thiophene rings is 1. The van der Waals surface area contributed by atoms with Gasteiger partial charge in [-0.25, -0.2) is 17.8 Å². The number of hydrogen-bond donors (Lipinski definition) is 1. The predicted octanol–water partition coefficient (Wildman–Crippen LogP) is 2.32. The quantitative estimate of drug-likeness (QED) is 0.799. The number of nitrogens with one attached hydrogen (secondary N) is 1. The molecular weight excluding hydrogens is 298 g/mol. The number of nitrogens with zero attached hydrogens (tertiary/aromatic N) is 2. The Labute approximate surface area is 119 Å². The van der Waals surface area contributed by atoms with Gasteiger partial charge in [-0.1, -0.05) is 12.1 Å². The van der Waals surface area contributed by atoms with Crippen LogP contribution in [-0.2, 0) is 10.0 Å². The SMILES string of the molecule is CC(NS(=O)(=O)c1cccc2nonc12)c1cccs1. The average Bonchev–Trinajstić information content (AvgIpc) is 3.08. The maximum Gasteiger partial charge on any atom is 0.243 e. The molecule has 0 aliphatic carbocycles. The molecule has 0 radical (unpaired) electrons. The molecule has 0 spiro atoms. The summed E-state index contributed by atoms with van der Waals surface area (Å²) in [6.07, 6.45) is 0. The van der Waals surface area contributed by atoms with Crippen molar-refractivity contribution in [2.45, 2.75) is 17.9 Å². The van der Waals surface area contributed by atoms with Crippen LogP contribution in [-0.4, -0.2) is 18.7 Å². The van der Waals surface area contributed by atoms with Gasteiger partial charge in [-0.05, 0) is 40.8 Å². The van der Waals surface area contributed by atoms with Gasteiger partial charge in [-0.15, -0.1) is 11.3 Å². The van der Waals surface area contributed by atoms with Crippen LogP contribution in [0.25, 0.3) is 11.0 Å². The van der Waals surface area contributed by atoms with Crippen LogP contribution in [0, 0.1) is 0 Å². The molecule has 0 aliphatic rings. The molecule has 3 rings (SSSR count). The van der Waals surface area contributed by atoms with Gasteiger partial charge >= 0.3 is 0 Å². The van der Waals surface area contributed by atoms with E-state index in [1.165, 1.54) is 17.4 Å². The number of fused-ring (bicyclic) bond motifs is 1. The highest BCUT2D eigenvalue weighted by Crippen LogP contribution is 2.24. The minimum Gasteiger partial charge on any atom is -0.243 e. The Morgan fingerprint density at radius 1 is 1.25 bits per heavy atom. The largest absolute Gasteiger partial charge is 0.243 e. The number of benzene rings is 1. The van der Waals surface area contributed by atoms with Crippen LogP contribution in [0.4, 0.5) is 0 Å². The summed E-state index contributed by atoms with van der Waals surface area (Å²) in [4.78, 5) is 1.01. The lowest BCUT2D eigenvalue weighted by Crippen LogP contribution is -2.26. The van der Waals surface area contributed by atoms with E-state index in [-0.39, 0.29) is 16.5 Å². The molecule has 1 atom stereocenters. The number of aromatic nitrogens is 2. The van der Waals surface area contributed by atoms with Crippen molar-refractivity contribution >= 4 is 32.4 Å². The molecule has 104 valence electrons. The number of sulfonamides is 1. The van der Waals surface area contributed by atoms with E-state index in [2.05, 4.69) is 19.7 Å². The highest BCUT2D eigenvalue weighted by Gasteiger charge is 2.23. The van der Waals surface area contributed by atoms with E-state index in [1.54, 1.807) is 19.1 Å². The second-order valence-electron chi connectivity index (χ2n) is 4.25. The molecule has 1 unspecified atom stereocenters. The lowest BCUT2D eigenvalue weighted by molar-refractivity contribution is 0.315. The highest BCUT2D eigenvalue weighted by atomic mass is 32.2. The fraction of sp³-hybridized carbons (Fsp3) is 0.167. The van der Waals surface area contributed by atoms with E-state index >= 15 is 0 Å². The second kappa shape index (κ2) is 4.97. The van der Waals surface area contributed by atoms with Crippen LogP contribution >= 0.6 is 11.3 Å². The first kappa shape index (κ1) is 13.2. The summed E-state index contributed by atoms with van der Waals surface area (Å²) in [6.45, 7) is 1.80. The summed E-state index contributed by atoms with van der Waals surface area (Å²) in [6, 6.07) is 8.19. The van der Waals surface area contributed by atoms with Crippen molar-refractivity contribution in [1.29, 1.82) is 0 Å². The highest BCUT2D eigenvalue weighted by molar-refractivity contribution is 7.89. The minimum atomic E-state index is -3.69. The molecule has 2 heterocycles. The van der Waals surface area contributed by atoms with Gasteiger partial charge in [-0.3, -0.25) is 0 Å². The topological polar surface area (TPSA) is 85.1 Å². The van der Waals surface area contributed by atoms with Crippen LogP contribution in [0.1, 0.15) is 17.8 Å². The second-order valence-corrected chi connectivity index (χ2v) is 6.91. The molecule has 8 heteroatoms. The van der Waals surface area contributed by atoms with Gasteiger partial charge in [0.05, 0.1) is 6.04 Å². The lowest BCUT2D eigenvalue weighted by Gasteiger charge is -2.12. The van der Waals surface area contributed by atoms with Crippen molar-refractivity contribution in [2.24, 2.45) is 0 Å². The van der Waals surface area contributed by atoms with E-state index in [4.69, 9.17) is 0 Å². The van der Waals surface area contributed by atoms with Crippen molar-refractivity contribution in [3.8, 4) is 0 Å². The number of rotatable bonds is 4. The summed E-state index contributed by atoms with van der Waals surface area (Å²) in [7, 11) is -3.69. The van der Waals surface area contributed by atoms with Gasteiger partial charge in [0, 0.05) is 4.88 Å². The summed E-state index contributed by atoms with van der Waals surface area (Å²) < 4.78 is 32.1. The number of hydrogen-bond acceptors (Lipinski definition) is 6. The predicted molar refractivity (Wildman–Crippen MR) is 74.9 cm³/mol. The fourth-order valence-electron chi connectivity index (χ4n) is 1.89. The molecule has 1 N–H and O–H groups in total. The Morgan fingerprint density at radius 2 is 2.10 bits per heavy atom. The molecule has 0 saturated heterocycles. The fourth-order valence-corrected chi connectivity index (χ4v) is 4.07. The minimum absolute atomic E-state index is 0.0691. The van der Waals surface area contributed by atoms with Gasteiger partial charge in [0.2, 0.25) is 10.0 Å².